The molecular formula is C13H21N3O3S2. The van der Waals surface area contributed by atoms with Gasteiger partial charge in [-0.25, -0.2) is 17.7 Å². The van der Waals surface area contributed by atoms with E-state index in [0.29, 0.717) is 5.03 Å². The van der Waals surface area contributed by atoms with Gasteiger partial charge in [0.05, 0.1) is 10.3 Å². The zero-order valence-corrected chi connectivity index (χ0v) is 14.5. The van der Waals surface area contributed by atoms with Crippen molar-refractivity contribution in [3.05, 3.63) is 18.3 Å². The van der Waals surface area contributed by atoms with E-state index in [2.05, 4.69) is 10.3 Å². The summed E-state index contributed by atoms with van der Waals surface area (Å²) in [5.41, 5.74) is 0. The molecule has 0 bridgehead atoms. The summed E-state index contributed by atoms with van der Waals surface area (Å²) in [7, 11) is -0.535. The Morgan fingerprint density at radius 1 is 1.29 bits per heavy atom. The molecule has 0 saturated heterocycles. The van der Waals surface area contributed by atoms with Crippen molar-refractivity contribution >= 4 is 27.7 Å². The summed E-state index contributed by atoms with van der Waals surface area (Å²) in [5, 5.41) is 3.14. The molecule has 21 heavy (non-hydrogen) atoms. The van der Waals surface area contributed by atoms with Gasteiger partial charge in [-0.1, -0.05) is 11.8 Å². The maximum absolute atomic E-state index is 11.9. The molecule has 6 nitrogen and oxygen atoms in total. The predicted octanol–water partition coefficient (Wildman–Crippen LogP) is 1.34. The minimum Gasteiger partial charge on any atom is -0.353 e. The van der Waals surface area contributed by atoms with Crippen molar-refractivity contribution in [1.29, 1.82) is 0 Å². The van der Waals surface area contributed by atoms with Crippen molar-refractivity contribution in [2.45, 2.75) is 42.0 Å². The maximum Gasteiger partial charge on any atom is 0.244 e. The topological polar surface area (TPSA) is 79.4 Å². The van der Waals surface area contributed by atoms with E-state index in [1.807, 2.05) is 13.8 Å². The summed E-state index contributed by atoms with van der Waals surface area (Å²) >= 11 is 1.29. The fourth-order valence-electron chi connectivity index (χ4n) is 1.44. The smallest absolute Gasteiger partial charge is 0.244 e. The Labute approximate surface area is 130 Å². The van der Waals surface area contributed by atoms with Gasteiger partial charge in [-0.05, 0) is 32.9 Å². The van der Waals surface area contributed by atoms with Crippen molar-refractivity contribution < 1.29 is 13.2 Å². The molecule has 0 spiro atoms. The second-order valence-corrected chi connectivity index (χ2v) is 8.56. The number of pyridine rings is 1. The summed E-state index contributed by atoms with van der Waals surface area (Å²) in [6.07, 6.45) is 1.31. The minimum atomic E-state index is -3.47. The molecular weight excluding hydrogens is 310 g/mol. The highest BCUT2D eigenvalue weighted by molar-refractivity contribution is 8.00. The van der Waals surface area contributed by atoms with E-state index in [-0.39, 0.29) is 22.1 Å². The quantitative estimate of drug-likeness (QED) is 0.796. The second-order valence-electron chi connectivity index (χ2n) is 5.04. The number of hydrogen-bond donors (Lipinski definition) is 1. The first-order valence-electron chi connectivity index (χ1n) is 6.50. The van der Waals surface area contributed by atoms with Crippen molar-refractivity contribution in [2.24, 2.45) is 0 Å². The number of nitrogens with one attached hydrogen (secondary N) is 1. The third-order valence-corrected chi connectivity index (χ3v) is 5.43. The van der Waals surface area contributed by atoms with Crippen LogP contribution in [0.1, 0.15) is 20.8 Å². The van der Waals surface area contributed by atoms with Crippen LogP contribution in [-0.2, 0) is 14.8 Å². The van der Waals surface area contributed by atoms with Crippen LogP contribution in [0, 0.1) is 0 Å². The van der Waals surface area contributed by atoms with Gasteiger partial charge in [0.25, 0.3) is 0 Å². The van der Waals surface area contributed by atoms with Gasteiger partial charge < -0.3 is 5.32 Å². The number of hydrogen-bond acceptors (Lipinski definition) is 5. The maximum atomic E-state index is 11.9. The van der Waals surface area contributed by atoms with Crippen molar-refractivity contribution in [1.82, 2.24) is 14.6 Å². The van der Waals surface area contributed by atoms with Crippen LogP contribution in [0.15, 0.2) is 28.3 Å². The van der Waals surface area contributed by atoms with Crippen LogP contribution in [0.2, 0.25) is 0 Å². The van der Waals surface area contributed by atoms with E-state index in [4.69, 9.17) is 0 Å². The first-order chi connectivity index (χ1) is 9.64. The molecule has 1 N–H and O–H groups in total. The molecule has 0 aliphatic heterocycles. The Hall–Kier alpha value is -1.12. The summed E-state index contributed by atoms with van der Waals surface area (Å²) in [6, 6.07) is 3.19. The second kappa shape index (κ2) is 7.24. The number of nitrogens with zero attached hydrogens (tertiary/aromatic N) is 2. The van der Waals surface area contributed by atoms with Crippen molar-refractivity contribution in [3.8, 4) is 0 Å². The molecule has 118 valence electrons. The zero-order valence-electron chi connectivity index (χ0n) is 12.8. The van der Waals surface area contributed by atoms with Crippen LogP contribution in [0.3, 0.4) is 0 Å². The molecule has 0 unspecified atom stereocenters. The van der Waals surface area contributed by atoms with Crippen LogP contribution in [-0.4, -0.2) is 49.0 Å². The van der Waals surface area contributed by atoms with Gasteiger partial charge in [-0.3, -0.25) is 4.79 Å². The Morgan fingerprint density at radius 3 is 2.33 bits per heavy atom. The van der Waals surface area contributed by atoms with Crippen LogP contribution < -0.4 is 5.32 Å². The number of carbonyl (C=O) groups excluding carboxylic acids is 1. The van der Waals surface area contributed by atoms with E-state index < -0.39 is 10.0 Å². The van der Waals surface area contributed by atoms with Crippen LogP contribution >= 0.6 is 11.8 Å². The van der Waals surface area contributed by atoms with Crippen LogP contribution in [0.25, 0.3) is 0 Å². The number of aromatic nitrogens is 1. The lowest BCUT2D eigenvalue weighted by molar-refractivity contribution is -0.120. The Bertz CT molecular complexity index is 583. The SMILES string of the molecule is CC(C)NC(=O)[C@@H](C)Sc1ccc(S(=O)(=O)N(C)C)cn1. The van der Waals surface area contributed by atoms with Crippen LogP contribution in [0.5, 0.6) is 0 Å². The van der Waals surface area contributed by atoms with E-state index in [1.54, 1.807) is 13.0 Å². The van der Waals surface area contributed by atoms with Gasteiger partial charge in [0.15, 0.2) is 0 Å². The van der Waals surface area contributed by atoms with Gasteiger partial charge in [-0.15, -0.1) is 0 Å². The zero-order chi connectivity index (χ0) is 16.2. The van der Waals surface area contributed by atoms with Gasteiger partial charge in [-0.2, -0.15) is 0 Å². The highest BCUT2D eigenvalue weighted by Gasteiger charge is 2.19. The van der Waals surface area contributed by atoms with E-state index >= 15 is 0 Å². The molecule has 0 radical (unpaired) electrons. The number of thioether (sulfide) groups is 1. The molecule has 1 atom stereocenters. The third kappa shape index (κ3) is 4.98. The molecule has 8 heteroatoms. The molecule has 0 saturated carbocycles. The number of amides is 1. The Balaban J connectivity index is 2.78. The van der Waals surface area contributed by atoms with E-state index in [1.165, 1.54) is 38.1 Å². The van der Waals surface area contributed by atoms with Gasteiger partial charge in [0.1, 0.15) is 4.90 Å². The molecule has 0 fully saturated rings. The summed E-state index contributed by atoms with van der Waals surface area (Å²) in [5.74, 6) is -0.0678. The number of carbonyl (C=O) groups is 1. The fourth-order valence-corrected chi connectivity index (χ4v) is 3.08. The predicted molar refractivity (Wildman–Crippen MR) is 83.7 cm³/mol. The molecule has 1 rings (SSSR count). The van der Waals surface area contributed by atoms with E-state index in [0.717, 1.165) is 4.31 Å². The first kappa shape index (κ1) is 17.9. The Morgan fingerprint density at radius 2 is 1.90 bits per heavy atom. The summed E-state index contributed by atoms with van der Waals surface area (Å²) in [6.45, 7) is 5.58. The molecule has 1 heterocycles. The molecule has 0 aliphatic carbocycles. The first-order valence-corrected chi connectivity index (χ1v) is 8.82. The van der Waals surface area contributed by atoms with Gasteiger partial charge >= 0.3 is 0 Å². The highest BCUT2D eigenvalue weighted by atomic mass is 32.2. The molecule has 1 aromatic heterocycles. The monoisotopic (exact) mass is 331 g/mol. The van der Waals surface area contributed by atoms with Gasteiger partial charge in [0, 0.05) is 26.3 Å². The molecule has 0 aliphatic rings. The van der Waals surface area contributed by atoms with Crippen molar-refractivity contribution in [2.75, 3.05) is 14.1 Å². The number of sulfonamides is 1. The lowest BCUT2D eigenvalue weighted by atomic mass is 10.3. The largest absolute Gasteiger partial charge is 0.353 e. The Kier molecular flexibility index (Phi) is 6.18. The van der Waals surface area contributed by atoms with E-state index in [9.17, 15) is 13.2 Å². The average molecular weight is 331 g/mol. The molecule has 0 aromatic carbocycles. The minimum absolute atomic E-state index is 0.0678. The normalized spacial score (nSPS) is 13.5. The lowest BCUT2D eigenvalue weighted by Gasteiger charge is -2.14. The summed E-state index contributed by atoms with van der Waals surface area (Å²) in [4.78, 5) is 16.1. The third-order valence-electron chi connectivity index (χ3n) is 2.59. The lowest BCUT2D eigenvalue weighted by Crippen LogP contribution is -2.35. The molecule has 1 aromatic rings. The fraction of sp³-hybridized carbons (Fsp3) is 0.538. The highest BCUT2D eigenvalue weighted by Crippen LogP contribution is 2.22. The molecule has 1 amide bonds. The number of rotatable bonds is 6. The summed E-state index contributed by atoms with van der Waals surface area (Å²) < 4.78 is 25.0. The average Bonchev–Trinajstić information content (AvgIpc) is 2.38. The standard InChI is InChI=1S/C13H21N3O3S2/c1-9(2)15-13(17)10(3)20-12-7-6-11(8-14-12)21(18,19)16(4)5/h6-10H,1-5H3,(H,15,17)/t10-/m1/s1. The van der Waals surface area contributed by atoms with Crippen molar-refractivity contribution in [3.63, 3.8) is 0 Å². The van der Waals surface area contributed by atoms with Crippen LogP contribution in [0.4, 0.5) is 0 Å². The van der Waals surface area contributed by atoms with Gasteiger partial charge in [0.2, 0.25) is 15.9 Å².